The van der Waals surface area contributed by atoms with Crippen molar-refractivity contribution in [1.82, 2.24) is 15.6 Å². The van der Waals surface area contributed by atoms with Crippen molar-refractivity contribution in [1.29, 1.82) is 0 Å². The number of benzene rings is 1. The van der Waals surface area contributed by atoms with Crippen LogP contribution in [0.25, 0.3) is 10.9 Å². The number of hydrogen-bond acceptors (Lipinski definition) is 5. The molecule has 3 rings (SSSR count). The summed E-state index contributed by atoms with van der Waals surface area (Å²) >= 11 is 0. The first-order valence-electron chi connectivity index (χ1n) is 9.04. The van der Waals surface area contributed by atoms with E-state index in [1.165, 1.54) is 7.05 Å². The van der Waals surface area contributed by atoms with E-state index in [0.29, 0.717) is 11.5 Å². The van der Waals surface area contributed by atoms with E-state index < -0.39 is 18.5 Å². The van der Waals surface area contributed by atoms with Crippen LogP contribution in [0.3, 0.4) is 0 Å². The molecule has 1 heterocycles. The summed E-state index contributed by atoms with van der Waals surface area (Å²) in [6.07, 6.45) is 2.63. The van der Waals surface area contributed by atoms with E-state index in [0.717, 1.165) is 41.4 Å². The summed E-state index contributed by atoms with van der Waals surface area (Å²) in [5, 5.41) is 5.54. The molecule has 0 spiro atoms. The maximum atomic E-state index is 12.8. The molecule has 142 valence electrons. The third-order valence-corrected chi connectivity index (χ3v) is 4.77. The van der Waals surface area contributed by atoms with Crippen molar-refractivity contribution >= 4 is 28.7 Å². The first-order chi connectivity index (χ1) is 13.0. The first-order valence-corrected chi connectivity index (χ1v) is 9.04. The number of amides is 2. The van der Waals surface area contributed by atoms with Crippen molar-refractivity contribution < 1.29 is 19.1 Å². The number of rotatable bonds is 5. The number of aryl methyl sites for hydroxylation is 1. The third-order valence-electron chi connectivity index (χ3n) is 4.77. The monoisotopic (exact) mass is 369 g/mol. The van der Waals surface area contributed by atoms with E-state index in [2.05, 4.69) is 17.6 Å². The fourth-order valence-electron chi connectivity index (χ4n) is 3.32. The molecule has 0 bridgehead atoms. The Hall–Kier alpha value is -2.96. The number of carbonyl (C=O) groups excluding carboxylic acids is 3. The number of pyridine rings is 1. The lowest BCUT2D eigenvalue weighted by molar-refractivity contribution is -0.127. The number of aromatic nitrogens is 1. The quantitative estimate of drug-likeness (QED) is 0.776. The van der Waals surface area contributed by atoms with Crippen LogP contribution in [-0.4, -0.2) is 43.0 Å². The van der Waals surface area contributed by atoms with Crippen molar-refractivity contribution in [3.8, 4) is 0 Å². The van der Waals surface area contributed by atoms with Gasteiger partial charge in [0.2, 0.25) is 5.91 Å². The zero-order chi connectivity index (χ0) is 19.4. The molecule has 27 heavy (non-hydrogen) atoms. The van der Waals surface area contributed by atoms with Gasteiger partial charge in [-0.3, -0.25) is 14.6 Å². The molecule has 0 fully saturated rings. The number of likely N-dealkylation sites (N-methyl/N-ethyl adjacent to an activating group) is 1. The summed E-state index contributed by atoms with van der Waals surface area (Å²) in [6, 6.07) is 7.47. The van der Waals surface area contributed by atoms with Gasteiger partial charge < -0.3 is 15.4 Å². The van der Waals surface area contributed by atoms with Crippen LogP contribution in [0.2, 0.25) is 0 Å². The number of esters is 1. The number of hydrogen-bond donors (Lipinski definition) is 2. The summed E-state index contributed by atoms with van der Waals surface area (Å²) in [5.41, 5.74) is 3.11. The maximum Gasteiger partial charge on any atom is 0.339 e. The SMILES string of the molecule is CNC(=O)CNC(=O)COC(=O)c1c2c(nc3ccccc13)CC[C@H](C)C2. The van der Waals surface area contributed by atoms with Gasteiger partial charge in [0.15, 0.2) is 6.61 Å². The molecule has 7 heteroatoms. The highest BCUT2D eigenvalue weighted by Crippen LogP contribution is 2.31. The van der Waals surface area contributed by atoms with Gasteiger partial charge in [0.05, 0.1) is 17.6 Å². The largest absolute Gasteiger partial charge is 0.452 e. The normalized spacial score (nSPS) is 15.7. The van der Waals surface area contributed by atoms with Gasteiger partial charge >= 0.3 is 5.97 Å². The van der Waals surface area contributed by atoms with Crippen LogP contribution in [0.5, 0.6) is 0 Å². The van der Waals surface area contributed by atoms with Gasteiger partial charge in [-0.2, -0.15) is 0 Å². The highest BCUT2D eigenvalue weighted by molar-refractivity contribution is 6.05. The van der Waals surface area contributed by atoms with Crippen LogP contribution >= 0.6 is 0 Å². The summed E-state index contributed by atoms with van der Waals surface area (Å²) in [4.78, 5) is 40.5. The van der Waals surface area contributed by atoms with Gasteiger partial charge in [0.25, 0.3) is 5.91 Å². The van der Waals surface area contributed by atoms with E-state index in [4.69, 9.17) is 9.72 Å². The Kier molecular flexibility index (Phi) is 5.69. The van der Waals surface area contributed by atoms with Gasteiger partial charge in [0.1, 0.15) is 0 Å². The predicted octanol–water partition coefficient (Wildman–Crippen LogP) is 1.38. The summed E-state index contributed by atoms with van der Waals surface area (Å²) in [6.45, 7) is 1.56. The third kappa shape index (κ3) is 4.24. The van der Waals surface area contributed by atoms with Crippen molar-refractivity contribution in [3.05, 3.63) is 41.1 Å². The number of ether oxygens (including phenoxy) is 1. The molecule has 1 aliphatic rings. The lowest BCUT2D eigenvalue weighted by Crippen LogP contribution is -2.37. The predicted molar refractivity (Wildman–Crippen MR) is 100 cm³/mol. The Bertz CT molecular complexity index is 894. The van der Waals surface area contributed by atoms with Gasteiger partial charge in [-0.05, 0) is 36.8 Å². The second-order valence-corrected chi connectivity index (χ2v) is 6.80. The highest BCUT2D eigenvalue weighted by Gasteiger charge is 2.26. The van der Waals surface area contributed by atoms with Crippen molar-refractivity contribution in [3.63, 3.8) is 0 Å². The van der Waals surface area contributed by atoms with Crippen molar-refractivity contribution in [2.75, 3.05) is 20.2 Å². The summed E-state index contributed by atoms with van der Waals surface area (Å²) < 4.78 is 5.25. The second kappa shape index (κ2) is 8.16. The Morgan fingerprint density at radius 1 is 1.22 bits per heavy atom. The molecule has 1 aromatic carbocycles. The highest BCUT2D eigenvalue weighted by atomic mass is 16.5. The Morgan fingerprint density at radius 3 is 2.78 bits per heavy atom. The minimum Gasteiger partial charge on any atom is -0.452 e. The molecule has 0 saturated heterocycles. The number of nitrogens with zero attached hydrogens (tertiary/aromatic N) is 1. The molecule has 0 aliphatic heterocycles. The van der Waals surface area contributed by atoms with Crippen LogP contribution in [0.4, 0.5) is 0 Å². The number of para-hydroxylation sites is 1. The van der Waals surface area contributed by atoms with Gasteiger partial charge in [0, 0.05) is 18.1 Å². The van der Waals surface area contributed by atoms with E-state index in [1.54, 1.807) is 0 Å². The minimum atomic E-state index is -0.533. The van der Waals surface area contributed by atoms with Crippen LogP contribution < -0.4 is 10.6 Å². The first kappa shape index (κ1) is 18.8. The van der Waals surface area contributed by atoms with E-state index >= 15 is 0 Å². The van der Waals surface area contributed by atoms with Gasteiger partial charge in [-0.1, -0.05) is 25.1 Å². The molecular formula is C20H23N3O4. The van der Waals surface area contributed by atoms with Gasteiger partial charge in [-0.25, -0.2) is 4.79 Å². The Balaban J connectivity index is 1.82. The fraction of sp³-hybridized carbons (Fsp3) is 0.400. The van der Waals surface area contributed by atoms with Crippen molar-refractivity contribution in [2.45, 2.75) is 26.2 Å². The average Bonchev–Trinajstić information content (AvgIpc) is 2.68. The zero-order valence-electron chi connectivity index (χ0n) is 15.5. The number of nitrogens with one attached hydrogen (secondary N) is 2. The van der Waals surface area contributed by atoms with Crippen LogP contribution in [0.1, 0.15) is 35.0 Å². The smallest absolute Gasteiger partial charge is 0.339 e. The lowest BCUT2D eigenvalue weighted by atomic mass is 9.84. The van der Waals surface area contributed by atoms with E-state index in [-0.39, 0.29) is 12.5 Å². The second-order valence-electron chi connectivity index (χ2n) is 6.80. The molecule has 1 aliphatic carbocycles. The van der Waals surface area contributed by atoms with Crippen molar-refractivity contribution in [2.24, 2.45) is 5.92 Å². The van der Waals surface area contributed by atoms with Gasteiger partial charge in [-0.15, -0.1) is 0 Å². The van der Waals surface area contributed by atoms with Crippen LogP contribution in [0, 0.1) is 5.92 Å². The Labute approximate surface area is 157 Å². The standard InChI is InChI=1S/C20H23N3O4/c1-12-7-8-16-14(9-12)19(13-5-3-4-6-15(13)23-16)20(26)27-11-18(25)22-10-17(24)21-2/h3-6,12H,7-11H2,1-2H3,(H,21,24)(H,22,25)/t12-/m0/s1. The summed E-state index contributed by atoms with van der Waals surface area (Å²) in [5.74, 6) is -0.915. The van der Waals surface area contributed by atoms with Crippen LogP contribution in [0.15, 0.2) is 24.3 Å². The molecule has 0 radical (unpaired) electrons. The molecule has 2 N–H and O–H groups in total. The molecule has 1 aromatic heterocycles. The molecule has 0 unspecified atom stereocenters. The fourth-order valence-corrected chi connectivity index (χ4v) is 3.32. The molecule has 2 aromatic rings. The molecule has 1 atom stereocenters. The minimum absolute atomic E-state index is 0.155. The van der Waals surface area contributed by atoms with E-state index in [9.17, 15) is 14.4 Å². The molecule has 2 amide bonds. The topological polar surface area (TPSA) is 97.4 Å². The summed E-state index contributed by atoms with van der Waals surface area (Å²) in [7, 11) is 1.48. The number of fused-ring (bicyclic) bond motifs is 2. The zero-order valence-corrected chi connectivity index (χ0v) is 15.5. The van der Waals surface area contributed by atoms with E-state index in [1.807, 2.05) is 24.3 Å². The molecule has 7 nitrogen and oxygen atoms in total. The lowest BCUT2D eigenvalue weighted by Gasteiger charge is -2.24. The maximum absolute atomic E-state index is 12.8. The van der Waals surface area contributed by atoms with Crippen LogP contribution in [-0.2, 0) is 27.2 Å². The molecular weight excluding hydrogens is 346 g/mol. The molecule has 0 saturated carbocycles. The average molecular weight is 369 g/mol. The number of carbonyl (C=O) groups is 3. The Morgan fingerprint density at radius 2 is 2.00 bits per heavy atom.